The van der Waals surface area contributed by atoms with Gasteiger partial charge in [0.15, 0.2) is 5.78 Å². The van der Waals surface area contributed by atoms with Crippen molar-refractivity contribution in [2.45, 2.75) is 18.5 Å². The number of Topliss-reactive ketones (excluding diaryl/α,β-unsaturated/α-hetero) is 1. The van der Waals surface area contributed by atoms with E-state index in [0.717, 1.165) is 11.3 Å². The fourth-order valence-electron chi connectivity index (χ4n) is 3.22. The normalized spacial score (nSPS) is 10.8. The average molecular weight is 479 g/mol. The van der Waals surface area contributed by atoms with E-state index in [1.165, 1.54) is 23.4 Å². The molecule has 34 heavy (non-hydrogen) atoms. The van der Waals surface area contributed by atoms with Crippen LogP contribution in [0.5, 0.6) is 5.75 Å². The van der Waals surface area contributed by atoms with E-state index < -0.39 is 0 Å². The van der Waals surface area contributed by atoms with Crippen molar-refractivity contribution in [3.05, 3.63) is 54.1 Å². The Balaban J connectivity index is 1.54. The van der Waals surface area contributed by atoms with Crippen molar-refractivity contribution in [2.75, 3.05) is 24.4 Å². The molecule has 1 amide bonds. The number of ketones is 1. The van der Waals surface area contributed by atoms with Crippen molar-refractivity contribution in [1.82, 2.24) is 19.9 Å². The van der Waals surface area contributed by atoms with E-state index in [1.807, 2.05) is 18.4 Å². The van der Waals surface area contributed by atoms with E-state index in [-0.39, 0.29) is 29.9 Å². The van der Waals surface area contributed by atoms with Gasteiger partial charge in [-0.1, -0.05) is 5.16 Å². The summed E-state index contributed by atoms with van der Waals surface area (Å²) in [5.41, 5.74) is 8.67. The number of ether oxygens (including phenoxy) is 1. The van der Waals surface area contributed by atoms with Gasteiger partial charge in [-0.15, -0.1) is 11.8 Å². The smallest absolute Gasteiger partial charge is 0.264 e. The van der Waals surface area contributed by atoms with Gasteiger partial charge in [-0.25, -0.2) is 4.68 Å². The summed E-state index contributed by atoms with van der Waals surface area (Å²) in [5, 5.41) is 11.8. The Hall–Kier alpha value is -4.12. The number of nitrogens with zero attached hydrogens (tertiary/aromatic N) is 4. The summed E-state index contributed by atoms with van der Waals surface area (Å²) in [4.78, 5) is 28.5. The number of nitrogens with two attached hydrogens (primary N) is 1. The van der Waals surface area contributed by atoms with E-state index >= 15 is 0 Å². The molecule has 4 rings (SSSR count). The molecule has 3 N–H and O–H groups in total. The zero-order chi connectivity index (χ0) is 24.2. The standard InChI is InChI=1S/C23H22N6O4S/c1-13(30)14-4-8-16(9-5-14)25-18(31)12-29-20(24)19(23(27-29)34-3)22-26-21(28-33-22)15-6-10-17(32-2)11-7-15/h4-11H,12,24H2,1-3H3,(H,25,31). The van der Waals surface area contributed by atoms with Gasteiger partial charge in [0.25, 0.3) is 5.89 Å². The molecule has 4 aromatic rings. The minimum atomic E-state index is -0.326. The molecular formula is C23H22N6O4S. The van der Waals surface area contributed by atoms with Crippen LogP contribution in [0.1, 0.15) is 17.3 Å². The van der Waals surface area contributed by atoms with Crippen LogP contribution in [-0.4, -0.2) is 45.0 Å². The maximum absolute atomic E-state index is 12.6. The lowest BCUT2D eigenvalue weighted by atomic mass is 10.1. The number of nitrogen functional groups attached to an aromatic ring is 1. The Morgan fingerprint density at radius 2 is 1.85 bits per heavy atom. The number of thioether (sulfide) groups is 1. The van der Waals surface area contributed by atoms with Gasteiger partial charge in [-0.05, 0) is 61.7 Å². The molecule has 0 saturated carbocycles. The molecule has 2 heterocycles. The maximum Gasteiger partial charge on any atom is 0.264 e. The average Bonchev–Trinajstić information content (AvgIpc) is 3.44. The van der Waals surface area contributed by atoms with Crippen LogP contribution in [-0.2, 0) is 11.3 Å². The number of hydrogen-bond donors (Lipinski definition) is 2. The van der Waals surface area contributed by atoms with Crippen LogP contribution in [0.2, 0.25) is 0 Å². The highest BCUT2D eigenvalue weighted by Crippen LogP contribution is 2.35. The molecule has 0 radical (unpaired) electrons. The fourth-order valence-corrected chi connectivity index (χ4v) is 3.80. The maximum atomic E-state index is 12.6. The predicted octanol–water partition coefficient (Wildman–Crippen LogP) is 3.75. The van der Waals surface area contributed by atoms with Gasteiger partial charge in [0.1, 0.15) is 28.7 Å². The van der Waals surface area contributed by atoms with E-state index in [4.69, 9.17) is 15.0 Å². The largest absolute Gasteiger partial charge is 0.497 e. The Morgan fingerprint density at radius 3 is 2.47 bits per heavy atom. The summed E-state index contributed by atoms with van der Waals surface area (Å²) in [5.74, 6) is 1.18. The lowest BCUT2D eigenvalue weighted by Crippen LogP contribution is -2.20. The molecule has 0 unspecified atom stereocenters. The van der Waals surface area contributed by atoms with E-state index in [0.29, 0.717) is 27.7 Å². The number of benzene rings is 2. The zero-order valence-electron chi connectivity index (χ0n) is 18.7. The van der Waals surface area contributed by atoms with E-state index in [9.17, 15) is 9.59 Å². The zero-order valence-corrected chi connectivity index (χ0v) is 19.5. The molecule has 10 nitrogen and oxygen atoms in total. The molecule has 0 aliphatic carbocycles. The van der Waals surface area contributed by atoms with Crippen LogP contribution in [0, 0.1) is 0 Å². The summed E-state index contributed by atoms with van der Waals surface area (Å²) in [7, 11) is 1.59. The Labute approximate surface area is 199 Å². The van der Waals surface area contributed by atoms with Crippen LogP contribution < -0.4 is 15.8 Å². The number of nitrogens with one attached hydrogen (secondary N) is 1. The summed E-state index contributed by atoms with van der Waals surface area (Å²) < 4.78 is 12.0. The third-order valence-corrected chi connectivity index (χ3v) is 5.68. The van der Waals surface area contributed by atoms with E-state index in [1.54, 1.807) is 43.5 Å². The van der Waals surface area contributed by atoms with Crippen molar-refractivity contribution in [3.63, 3.8) is 0 Å². The molecule has 0 aliphatic heterocycles. The van der Waals surface area contributed by atoms with E-state index in [2.05, 4.69) is 20.6 Å². The summed E-state index contributed by atoms with van der Waals surface area (Å²) in [6, 6.07) is 13.9. The number of rotatable bonds is 8. The Kier molecular flexibility index (Phi) is 6.64. The number of hydrogen-bond acceptors (Lipinski definition) is 9. The number of anilines is 2. The third-order valence-electron chi connectivity index (χ3n) is 5.01. The first-order valence-corrected chi connectivity index (χ1v) is 11.4. The van der Waals surface area contributed by atoms with Crippen LogP contribution in [0.4, 0.5) is 11.5 Å². The summed E-state index contributed by atoms with van der Waals surface area (Å²) in [6.45, 7) is 1.37. The van der Waals surface area contributed by atoms with Gasteiger partial charge in [0.2, 0.25) is 11.7 Å². The van der Waals surface area contributed by atoms with Crippen LogP contribution in [0.15, 0.2) is 58.1 Å². The molecule has 0 spiro atoms. The Morgan fingerprint density at radius 1 is 1.15 bits per heavy atom. The van der Waals surface area contributed by atoms with Gasteiger partial charge in [0.05, 0.1) is 7.11 Å². The SMILES string of the molecule is COc1ccc(-c2noc(-c3c(SC)nn(CC(=O)Nc4ccc(C(C)=O)cc4)c3N)n2)cc1. The van der Waals surface area contributed by atoms with Gasteiger partial charge < -0.3 is 20.3 Å². The first-order chi connectivity index (χ1) is 16.4. The molecule has 2 aromatic carbocycles. The monoisotopic (exact) mass is 478 g/mol. The summed E-state index contributed by atoms with van der Waals surface area (Å²) in [6.07, 6.45) is 1.84. The highest BCUT2D eigenvalue weighted by molar-refractivity contribution is 7.98. The minimum absolute atomic E-state index is 0.0458. The second-order valence-electron chi connectivity index (χ2n) is 7.26. The molecule has 2 aromatic heterocycles. The second kappa shape index (κ2) is 9.79. The van der Waals surface area contributed by atoms with Crippen molar-refractivity contribution < 1.29 is 18.8 Å². The minimum Gasteiger partial charge on any atom is -0.497 e. The van der Waals surface area contributed by atoms with Crippen molar-refractivity contribution >= 4 is 35.0 Å². The molecule has 0 atom stereocenters. The molecule has 0 aliphatic rings. The quantitative estimate of drug-likeness (QED) is 0.286. The van der Waals surface area contributed by atoms with Crippen LogP contribution in [0.25, 0.3) is 22.8 Å². The van der Waals surface area contributed by atoms with Crippen molar-refractivity contribution in [3.8, 4) is 28.6 Å². The number of amides is 1. The number of methoxy groups -OCH3 is 1. The predicted molar refractivity (Wildman–Crippen MR) is 129 cm³/mol. The highest BCUT2D eigenvalue weighted by Gasteiger charge is 2.24. The highest BCUT2D eigenvalue weighted by atomic mass is 32.2. The van der Waals surface area contributed by atoms with Gasteiger partial charge in [0, 0.05) is 16.8 Å². The fraction of sp³-hybridized carbons (Fsp3) is 0.174. The number of carbonyl (C=O) groups excluding carboxylic acids is 2. The van der Waals surface area contributed by atoms with Crippen LogP contribution in [0.3, 0.4) is 0 Å². The lowest BCUT2D eigenvalue weighted by molar-refractivity contribution is -0.116. The number of carbonyl (C=O) groups is 2. The molecule has 0 bridgehead atoms. The van der Waals surface area contributed by atoms with Crippen molar-refractivity contribution in [2.24, 2.45) is 0 Å². The second-order valence-corrected chi connectivity index (χ2v) is 8.06. The molecular weight excluding hydrogens is 456 g/mol. The molecule has 0 saturated heterocycles. The molecule has 11 heteroatoms. The van der Waals surface area contributed by atoms with Gasteiger partial charge >= 0.3 is 0 Å². The third kappa shape index (κ3) is 4.79. The first-order valence-electron chi connectivity index (χ1n) is 10.2. The molecule has 0 fully saturated rings. The topological polar surface area (TPSA) is 138 Å². The molecule has 174 valence electrons. The van der Waals surface area contributed by atoms with Crippen LogP contribution >= 0.6 is 11.8 Å². The van der Waals surface area contributed by atoms with Gasteiger partial charge in [-0.2, -0.15) is 10.1 Å². The first kappa shape index (κ1) is 23.1. The lowest BCUT2D eigenvalue weighted by Gasteiger charge is -2.07. The number of aromatic nitrogens is 4. The summed E-state index contributed by atoms with van der Waals surface area (Å²) >= 11 is 1.35. The Bertz CT molecular complexity index is 1330. The van der Waals surface area contributed by atoms with Gasteiger partial charge in [-0.3, -0.25) is 9.59 Å². The van der Waals surface area contributed by atoms with Crippen molar-refractivity contribution in [1.29, 1.82) is 0 Å².